The summed E-state index contributed by atoms with van der Waals surface area (Å²) in [5, 5.41) is 7.03. The van der Waals surface area contributed by atoms with Gasteiger partial charge in [0.1, 0.15) is 0 Å². The van der Waals surface area contributed by atoms with Crippen molar-refractivity contribution < 1.29 is 19.2 Å². The third-order valence-electron chi connectivity index (χ3n) is 16.6. The Bertz CT molecular complexity index is 4430. The average molecular weight is 1080 g/mol. The van der Waals surface area contributed by atoms with E-state index < -0.39 is 5.91 Å². The first kappa shape index (κ1) is 51.9. The topological polar surface area (TPSA) is 98.8 Å². The fourth-order valence-corrected chi connectivity index (χ4v) is 12.1. The molecule has 0 saturated carbocycles. The minimum atomic E-state index is -0.396. The molecule has 8 heteroatoms. The fourth-order valence-electron chi connectivity index (χ4n) is 12.1. The van der Waals surface area contributed by atoms with Crippen LogP contribution in [0.4, 0.5) is 34.1 Å². The van der Waals surface area contributed by atoms with Crippen LogP contribution in [0.15, 0.2) is 210 Å². The van der Waals surface area contributed by atoms with Gasteiger partial charge >= 0.3 is 0 Å². The van der Waals surface area contributed by atoms with Gasteiger partial charge in [-0.25, -0.2) is 9.80 Å². The van der Waals surface area contributed by atoms with Gasteiger partial charge < -0.3 is 10.6 Å². The summed E-state index contributed by atoms with van der Waals surface area (Å²) in [5.41, 5.74) is 21.9. The quantitative estimate of drug-likeness (QED) is 0.105. The molecule has 400 valence electrons. The molecule has 7 aromatic rings. The summed E-state index contributed by atoms with van der Waals surface area (Å²) in [7, 11) is 0. The van der Waals surface area contributed by atoms with Crippen LogP contribution in [0, 0.1) is 58.3 Å². The van der Waals surface area contributed by atoms with E-state index in [4.69, 9.17) is 0 Å². The molecule has 2 heterocycles. The number of nitrogens with one attached hydrogen (secondary N) is 2. The Morgan fingerprint density at radius 1 is 0.434 bits per heavy atom. The van der Waals surface area contributed by atoms with Crippen molar-refractivity contribution in [3.8, 4) is 23.7 Å². The number of rotatable bonds is 10. The summed E-state index contributed by atoms with van der Waals surface area (Å²) in [5.74, 6) is 12.0. The van der Waals surface area contributed by atoms with Crippen LogP contribution < -0.4 is 20.4 Å². The zero-order valence-corrected chi connectivity index (χ0v) is 46.8. The van der Waals surface area contributed by atoms with Crippen LogP contribution in [0.2, 0.25) is 0 Å². The van der Waals surface area contributed by atoms with Gasteiger partial charge in [0.25, 0.3) is 23.6 Å². The standard InChI is InChI=1S/C75H56N4O4/c1-45-39-59(77-57-23-10-7-11-24-57)44-66(55-32-31-54(42-55)52-17-12-13-18-52)71(45)79-73(81)65-37-30-51(41-69(65)75(79)83)28-35-61-48(4)46(2)60(47(3)49(61)5)34-27-50-29-36-64-68(40-50)74(82)78(72(64)80)70-38-33-58(76-56-21-8-6-9-22-56)43-67(70)63-26-16-25-62(63)53-19-14-15-20-53/h6-12,14,16-24,26,29-33,36-41,43-44,76-77H,13,15,25,42H2,1-5H3. The maximum atomic E-state index is 14.7. The number of anilines is 6. The van der Waals surface area contributed by atoms with E-state index in [-0.39, 0.29) is 17.7 Å². The first-order chi connectivity index (χ1) is 40.4. The molecule has 6 aliphatic rings. The molecule has 2 aliphatic heterocycles. The van der Waals surface area contributed by atoms with Crippen LogP contribution in [0.3, 0.4) is 0 Å². The van der Waals surface area contributed by atoms with Crippen LogP contribution in [-0.2, 0) is 0 Å². The van der Waals surface area contributed by atoms with Crippen LogP contribution in [0.5, 0.6) is 0 Å². The predicted molar refractivity (Wildman–Crippen MR) is 335 cm³/mol. The Morgan fingerprint density at radius 3 is 1.55 bits per heavy atom. The zero-order valence-electron chi connectivity index (χ0n) is 46.8. The van der Waals surface area contributed by atoms with Crippen LogP contribution in [-0.4, -0.2) is 23.6 Å². The Kier molecular flexibility index (Phi) is 13.2. The Labute approximate surface area is 484 Å². The molecule has 7 aromatic carbocycles. The van der Waals surface area contributed by atoms with E-state index in [0.717, 1.165) is 114 Å². The number of fused-ring (bicyclic) bond motifs is 2. The molecule has 2 N–H and O–H groups in total. The number of hydrogen-bond acceptors (Lipinski definition) is 6. The molecule has 0 atom stereocenters. The van der Waals surface area contributed by atoms with Gasteiger partial charge in [0.2, 0.25) is 0 Å². The van der Waals surface area contributed by atoms with E-state index in [0.29, 0.717) is 51.2 Å². The second-order valence-corrected chi connectivity index (χ2v) is 21.7. The number of hydrogen-bond donors (Lipinski definition) is 2. The van der Waals surface area contributed by atoms with Crippen molar-refractivity contribution >= 4 is 68.9 Å². The molecule has 0 saturated heterocycles. The highest BCUT2D eigenvalue weighted by atomic mass is 16.2. The number of carbonyl (C=O) groups is 4. The van der Waals surface area contributed by atoms with Crippen molar-refractivity contribution in [1.29, 1.82) is 0 Å². The Hall–Kier alpha value is -10.5. The molecule has 4 amide bonds. The monoisotopic (exact) mass is 1080 g/mol. The number of nitrogens with zero attached hydrogens (tertiary/aromatic N) is 2. The smallest absolute Gasteiger partial charge is 0.266 e. The molecule has 8 nitrogen and oxygen atoms in total. The largest absolute Gasteiger partial charge is 0.356 e. The fraction of sp³-hybridized carbons (Fsp3) is 0.120. The van der Waals surface area contributed by atoms with Gasteiger partial charge in [-0.3, -0.25) is 19.2 Å². The molecule has 13 rings (SSSR count). The second-order valence-electron chi connectivity index (χ2n) is 21.7. The van der Waals surface area contributed by atoms with Crippen molar-refractivity contribution in [2.75, 3.05) is 20.4 Å². The van der Waals surface area contributed by atoms with E-state index in [1.54, 1.807) is 30.3 Å². The number of benzene rings is 7. The maximum absolute atomic E-state index is 14.7. The third kappa shape index (κ3) is 9.41. The molecule has 0 radical (unpaired) electrons. The third-order valence-corrected chi connectivity index (χ3v) is 16.6. The lowest BCUT2D eigenvalue weighted by Gasteiger charge is -2.23. The van der Waals surface area contributed by atoms with E-state index >= 15 is 0 Å². The Balaban J connectivity index is 0.767. The lowest BCUT2D eigenvalue weighted by atomic mass is 9.89. The summed E-state index contributed by atoms with van der Waals surface area (Å²) in [6.07, 6.45) is 24.7. The van der Waals surface area contributed by atoms with Crippen molar-refractivity contribution in [2.24, 2.45) is 0 Å². The number of carbonyl (C=O) groups excluding carboxylic acids is 4. The van der Waals surface area contributed by atoms with E-state index in [1.165, 1.54) is 20.9 Å². The zero-order chi connectivity index (χ0) is 57.0. The molecular formula is C75H56N4O4. The van der Waals surface area contributed by atoms with E-state index in [2.05, 4.69) is 95.1 Å². The lowest BCUT2D eigenvalue weighted by molar-refractivity contribution is 0.0910. The molecule has 0 spiro atoms. The molecule has 83 heavy (non-hydrogen) atoms. The van der Waals surface area contributed by atoms with E-state index in [9.17, 15) is 19.2 Å². The highest BCUT2D eigenvalue weighted by Crippen LogP contribution is 2.45. The molecule has 4 aliphatic carbocycles. The number of amides is 4. The summed E-state index contributed by atoms with van der Waals surface area (Å²) in [6.45, 7) is 10.1. The molecule has 0 bridgehead atoms. The van der Waals surface area contributed by atoms with Crippen LogP contribution in [0.25, 0.3) is 11.1 Å². The minimum absolute atomic E-state index is 0.308. The number of allylic oxidation sites excluding steroid dienone is 16. The maximum Gasteiger partial charge on any atom is 0.266 e. The van der Waals surface area contributed by atoms with Gasteiger partial charge in [-0.15, -0.1) is 0 Å². The first-order valence-corrected chi connectivity index (χ1v) is 28.1. The normalized spacial score (nSPS) is 15.5. The predicted octanol–water partition coefficient (Wildman–Crippen LogP) is 16.3. The first-order valence-electron chi connectivity index (χ1n) is 28.1. The van der Waals surface area contributed by atoms with Gasteiger partial charge in [-0.05, 0) is 213 Å². The average Bonchev–Trinajstić information content (AvgIpc) is 4.28. The lowest BCUT2D eigenvalue weighted by Crippen LogP contribution is -2.31. The SMILES string of the molecule is Cc1cc(Nc2ccccc2)cc(C2=CC=C(C3=CCC=C3)C2)c1N1C(=O)c2ccc(C#Cc3c(C)c(C)c(C#Cc4ccc5c(c4)C(=O)N(c4ccc(Nc6ccccc6)cc4C4=C(C6=CCC=C6)CC=C4)C5=O)c(C)c3C)cc2C1=O. The van der Waals surface area contributed by atoms with Crippen LogP contribution >= 0.6 is 0 Å². The van der Waals surface area contributed by atoms with Crippen molar-refractivity contribution in [2.45, 2.75) is 60.3 Å². The van der Waals surface area contributed by atoms with Gasteiger partial charge in [0.05, 0.1) is 33.6 Å². The van der Waals surface area contributed by atoms with Crippen LogP contribution in [0.1, 0.15) is 128 Å². The molecule has 0 aromatic heterocycles. The summed E-state index contributed by atoms with van der Waals surface area (Å²) in [6, 6.07) is 40.2. The second kappa shape index (κ2) is 21.2. The van der Waals surface area contributed by atoms with Crippen molar-refractivity contribution in [1.82, 2.24) is 0 Å². The summed E-state index contributed by atoms with van der Waals surface area (Å²) >= 11 is 0. The molecular weight excluding hydrogens is 1020 g/mol. The summed E-state index contributed by atoms with van der Waals surface area (Å²) in [4.78, 5) is 60.7. The van der Waals surface area contributed by atoms with Gasteiger partial charge in [-0.1, -0.05) is 121 Å². The van der Waals surface area contributed by atoms with E-state index in [1.807, 2.05) is 132 Å². The van der Waals surface area contributed by atoms with Gasteiger partial charge in [0.15, 0.2) is 0 Å². The molecule has 0 fully saturated rings. The molecule has 0 unspecified atom stereocenters. The van der Waals surface area contributed by atoms with Crippen molar-refractivity contribution in [3.05, 3.63) is 294 Å². The van der Waals surface area contributed by atoms with Crippen molar-refractivity contribution in [3.63, 3.8) is 0 Å². The number of aryl methyl sites for hydroxylation is 1. The highest BCUT2D eigenvalue weighted by molar-refractivity contribution is 6.36. The number of para-hydroxylation sites is 2. The summed E-state index contributed by atoms with van der Waals surface area (Å²) < 4.78 is 0. The highest BCUT2D eigenvalue weighted by Gasteiger charge is 2.41. The minimum Gasteiger partial charge on any atom is -0.356 e. The Morgan fingerprint density at radius 2 is 0.964 bits per heavy atom. The van der Waals surface area contributed by atoms with Gasteiger partial charge in [0, 0.05) is 56.1 Å². The van der Waals surface area contributed by atoms with Gasteiger partial charge in [-0.2, -0.15) is 0 Å². The number of imide groups is 2.